The average Bonchev–Trinajstić information content (AvgIpc) is 2.76. The van der Waals surface area contributed by atoms with Crippen LogP contribution in [0.25, 0.3) is 0 Å². The van der Waals surface area contributed by atoms with Gasteiger partial charge in [-0.2, -0.15) is 0 Å². The fourth-order valence-electron chi connectivity index (χ4n) is 4.21. The first-order chi connectivity index (χ1) is 14.2. The number of amides is 1. The van der Waals surface area contributed by atoms with Gasteiger partial charge in [-0.05, 0) is 43.1 Å². The Balaban J connectivity index is 1.39. The van der Waals surface area contributed by atoms with Crippen LogP contribution in [0.15, 0.2) is 42.5 Å². The molecule has 4 rings (SSSR count). The van der Waals surface area contributed by atoms with Crippen LogP contribution >= 0.6 is 0 Å². The molecule has 0 radical (unpaired) electrons. The third-order valence-electron chi connectivity index (χ3n) is 5.80. The molecule has 1 aromatic carbocycles. The molecule has 2 fully saturated rings. The van der Waals surface area contributed by atoms with Crippen molar-refractivity contribution in [1.82, 2.24) is 14.8 Å². The molecule has 2 aliphatic heterocycles. The molecule has 1 amide bonds. The largest absolute Gasteiger partial charge is 0.378 e. The summed E-state index contributed by atoms with van der Waals surface area (Å²) in [5.74, 6) is 0.308. The summed E-state index contributed by atoms with van der Waals surface area (Å²) in [5, 5.41) is 0. The first-order valence-corrected chi connectivity index (χ1v) is 10.5. The SMILES string of the molecule is O=C(CN1CCC[C@@H](c2cccc(Cc3ccccc3F)n2)C1)N1CCOCC1. The highest BCUT2D eigenvalue weighted by Gasteiger charge is 2.26. The van der Waals surface area contributed by atoms with E-state index in [1.54, 1.807) is 6.07 Å². The summed E-state index contributed by atoms with van der Waals surface area (Å²) in [7, 11) is 0. The van der Waals surface area contributed by atoms with Crippen molar-refractivity contribution in [2.24, 2.45) is 0 Å². The van der Waals surface area contributed by atoms with Crippen LogP contribution in [0.5, 0.6) is 0 Å². The molecule has 1 aromatic heterocycles. The molecule has 2 aromatic rings. The first-order valence-electron chi connectivity index (χ1n) is 10.5. The topological polar surface area (TPSA) is 45.7 Å². The van der Waals surface area contributed by atoms with E-state index in [9.17, 15) is 9.18 Å². The van der Waals surface area contributed by atoms with E-state index in [0.717, 1.165) is 37.3 Å². The van der Waals surface area contributed by atoms with Crippen LogP contribution in [0.3, 0.4) is 0 Å². The highest BCUT2D eigenvalue weighted by molar-refractivity contribution is 5.78. The summed E-state index contributed by atoms with van der Waals surface area (Å²) in [6.07, 6.45) is 2.62. The lowest BCUT2D eigenvalue weighted by molar-refractivity contribution is -0.136. The lowest BCUT2D eigenvalue weighted by Crippen LogP contribution is -2.47. The molecule has 3 heterocycles. The van der Waals surface area contributed by atoms with Gasteiger partial charge in [0.2, 0.25) is 5.91 Å². The Morgan fingerprint density at radius 3 is 2.76 bits per heavy atom. The second-order valence-electron chi connectivity index (χ2n) is 7.89. The molecular formula is C23H28FN3O2. The molecule has 1 atom stereocenters. The highest BCUT2D eigenvalue weighted by Crippen LogP contribution is 2.26. The average molecular weight is 397 g/mol. The number of carbonyl (C=O) groups excluding carboxylic acids is 1. The van der Waals surface area contributed by atoms with Gasteiger partial charge in [0.15, 0.2) is 0 Å². The third-order valence-corrected chi connectivity index (χ3v) is 5.80. The van der Waals surface area contributed by atoms with Crippen LogP contribution in [0.2, 0.25) is 0 Å². The molecule has 0 unspecified atom stereocenters. The van der Waals surface area contributed by atoms with Crippen molar-refractivity contribution in [3.05, 3.63) is 65.2 Å². The zero-order chi connectivity index (χ0) is 20.1. The Morgan fingerprint density at radius 1 is 1.10 bits per heavy atom. The van der Waals surface area contributed by atoms with Crippen molar-refractivity contribution in [2.45, 2.75) is 25.2 Å². The molecule has 2 saturated heterocycles. The molecule has 0 N–H and O–H groups in total. The number of halogens is 1. The van der Waals surface area contributed by atoms with Crippen LogP contribution in [-0.4, -0.2) is 66.6 Å². The maximum Gasteiger partial charge on any atom is 0.236 e. The number of rotatable bonds is 5. The smallest absolute Gasteiger partial charge is 0.236 e. The fraction of sp³-hybridized carbons (Fsp3) is 0.478. The Bertz CT molecular complexity index is 838. The fourth-order valence-corrected chi connectivity index (χ4v) is 4.21. The number of piperidine rings is 1. The number of ether oxygens (including phenoxy) is 1. The van der Waals surface area contributed by atoms with E-state index in [1.165, 1.54) is 6.07 Å². The van der Waals surface area contributed by atoms with Crippen molar-refractivity contribution in [2.75, 3.05) is 45.9 Å². The Morgan fingerprint density at radius 2 is 1.93 bits per heavy atom. The Hall–Kier alpha value is -2.31. The van der Waals surface area contributed by atoms with Crippen LogP contribution < -0.4 is 0 Å². The number of likely N-dealkylation sites (tertiary alicyclic amines) is 1. The summed E-state index contributed by atoms with van der Waals surface area (Å²) in [6.45, 7) is 4.89. The number of aromatic nitrogens is 1. The second-order valence-corrected chi connectivity index (χ2v) is 7.89. The van der Waals surface area contributed by atoms with Gasteiger partial charge in [-0.1, -0.05) is 24.3 Å². The van der Waals surface area contributed by atoms with Crippen LogP contribution in [0.1, 0.15) is 35.7 Å². The molecule has 5 nitrogen and oxygen atoms in total. The number of hydrogen-bond donors (Lipinski definition) is 0. The summed E-state index contributed by atoms with van der Waals surface area (Å²) in [4.78, 5) is 21.6. The Kier molecular flexibility index (Phi) is 6.52. The number of morpholine rings is 1. The molecule has 29 heavy (non-hydrogen) atoms. The second kappa shape index (κ2) is 9.46. The monoisotopic (exact) mass is 397 g/mol. The van der Waals surface area contributed by atoms with Crippen LogP contribution in [0.4, 0.5) is 4.39 Å². The quantitative estimate of drug-likeness (QED) is 0.778. The standard InChI is InChI=1S/C23H28FN3O2/c24-21-8-2-1-5-18(21)15-20-7-3-9-22(25-20)19-6-4-10-26(16-19)17-23(28)27-11-13-29-14-12-27/h1-3,5,7-9,19H,4,6,10-17H2/t19-/m1/s1. The number of carbonyl (C=O) groups is 1. The molecule has 0 bridgehead atoms. The van der Waals surface area contributed by atoms with Crippen LogP contribution in [0, 0.1) is 5.82 Å². The number of benzene rings is 1. The van der Waals surface area contributed by atoms with Gasteiger partial charge in [0.05, 0.1) is 19.8 Å². The van der Waals surface area contributed by atoms with Crippen molar-refractivity contribution in [1.29, 1.82) is 0 Å². The van der Waals surface area contributed by atoms with Crippen molar-refractivity contribution in [3.8, 4) is 0 Å². The molecule has 0 saturated carbocycles. The lowest BCUT2D eigenvalue weighted by Gasteiger charge is -2.34. The summed E-state index contributed by atoms with van der Waals surface area (Å²) < 4.78 is 19.3. The maximum absolute atomic E-state index is 14.0. The van der Waals surface area contributed by atoms with Gasteiger partial charge in [0.1, 0.15) is 5.82 Å². The normalized spacial score (nSPS) is 20.6. The van der Waals surface area contributed by atoms with Gasteiger partial charge in [0, 0.05) is 43.4 Å². The summed E-state index contributed by atoms with van der Waals surface area (Å²) >= 11 is 0. The molecule has 154 valence electrons. The zero-order valence-electron chi connectivity index (χ0n) is 16.7. The number of pyridine rings is 1. The number of hydrogen-bond acceptors (Lipinski definition) is 4. The van der Waals surface area contributed by atoms with E-state index in [0.29, 0.717) is 50.8 Å². The van der Waals surface area contributed by atoms with Gasteiger partial charge in [-0.3, -0.25) is 14.7 Å². The van der Waals surface area contributed by atoms with E-state index in [1.807, 2.05) is 29.2 Å². The molecule has 6 heteroatoms. The van der Waals surface area contributed by atoms with E-state index in [-0.39, 0.29) is 11.7 Å². The van der Waals surface area contributed by atoms with E-state index >= 15 is 0 Å². The van der Waals surface area contributed by atoms with E-state index in [2.05, 4.69) is 11.0 Å². The first kappa shape index (κ1) is 20.0. The van der Waals surface area contributed by atoms with Gasteiger partial charge in [-0.25, -0.2) is 4.39 Å². The van der Waals surface area contributed by atoms with Crippen molar-refractivity contribution >= 4 is 5.91 Å². The molecule has 2 aliphatic rings. The van der Waals surface area contributed by atoms with Crippen molar-refractivity contribution in [3.63, 3.8) is 0 Å². The predicted octanol–water partition coefficient (Wildman–Crippen LogP) is 2.85. The van der Waals surface area contributed by atoms with Gasteiger partial charge in [-0.15, -0.1) is 0 Å². The highest BCUT2D eigenvalue weighted by atomic mass is 19.1. The minimum Gasteiger partial charge on any atom is -0.378 e. The molecule has 0 aliphatic carbocycles. The zero-order valence-corrected chi connectivity index (χ0v) is 16.7. The van der Waals surface area contributed by atoms with E-state index < -0.39 is 0 Å². The molecular weight excluding hydrogens is 369 g/mol. The van der Waals surface area contributed by atoms with Crippen LogP contribution in [-0.2, 0) is 16.0 Å². The predicted molar refractivity (Wildman–Crippen MR) is 109 cm³/mol. The maximum atomic E-state index is 14.0. The number of nitrogens with zero attached hydrogens (tertiary/aromatic N) is 3. The minimum atomic E-state index is -0.190. The Labute approximate surface area is 171 Å². The summed E-state index contributed by atoms with van der Waals surface area (Å²) in [5.41, 5.74) is 2.59. The van der Waals surface area contributed by atoms with Gasteiger partial charge >= 0.3 is 0 Å². The minimum absolute atomic E-state index is 0.190. The van der Waals surface area contributed by atoms with E-state index in [4.69, 9.17) is 9.72 Å². The van der Waals surface area contributed by atoms with Gasteiger partial charge < -0.3 is 9.64 Å². The molecule has 0 spiro atoms. The lowest BCUT2D eigenvalue weighted by atomic mass is 9.94. The van der Waals surface area contributed by atoms with Gasteiger partial charge in [0.25, 0.3) is 0 Å². The summed E-state index contributed by atoms with van der Waals surface area (Å²) in [6, 6.07) is 12.9. The van der Waals surface area contributed by atoms with Crippen molar-refractivity contribution < 1.29 is 13.9 Å². The third kappa shape index (κ3) is 5.19.